The van der Waals surface area contributed by atoms with E-state index in [-0.39, 0.29) is 17.6 Å². The number of carbonyl (C=O) groups excluding carboxylic acids is 1. The Bertz CT molecular complexity index is 1150. The molecule has 0 spiro atoms. The van der Waals surface area contributed by atoms with Crippen LogP contribution in [0.5, 0.6) is 0 Å². The molecule has 0 aliphatic carbocycles. The summed E-state index contributed by atoms with van der Waals surface area (Å²) in [6.07, 6.45) is 1.24. The van der Waals surface area contributed by atoms with Crippen molar-refractivity contribution in [3.8, 4) is 0 Å². The molecule has 1 N–H and O–H groups in total. The molecule has 4 rings (SSSR count). The summed E-state index contributed by atoms with van der Waals surface area (Å²) >= 11 is 3.59. The zero-order valence-electron chi connectivity index (χ0n) is 17.1. The first-order chi connectivity index (χ1) is 13.6. The van der Waals surface area contributed by atoms with Crippen LogP contribution in [0.25, 0.3) is 16.6 Å². The smallest absolute Gasteiger partial charge is 0.410 e. The molecule has 154 valence electrons. The van der Waals surface area contributed by atoms with E-state index < -0.39 is 5.60 Å². The number of hydrogen-bond donors (Lipinski definition) is 1. The van der Waals surface area contributed by atoms with E-state index in [2.05, 4.69) is 20.9 Å². The molecule has 1 aliphatic rings. The van der Waals surface area contributed by atoms with Crippen LogP contribution < -0.4 is 5.56 Å². The van der Waals surface area contributed by atoms with Crippen LogP contribution >= 0.6 is 15.9 Å². The van der Waals surface area contributed by atoms with E-state index in [9.17, 15) is 9.59 Å². The Labute approximate surface area is 177 Å². The van der Waals surface area contributed by atoms with E-state index in [1.165, 1.54) is 0 Å². The number of benzene rings is 1. The largest absolute Gasteiger partial charge is 0.444 e. The van der Waals surface area contributed by atoms with Gasteiger partial charge in [0.1, 0.15) is 11.2 Å². The lowest BCUT2D eigenvalue weighted by Crippen LogP contribution is -2.41. The fraction of sp³-hybridized carbons (Fsp3) is 0.476. The maximum atomic E-state index is 12.4. The zero-order valence-corrected chi connectivity index (χ0v) is 18.7. The molecule has 1 aliphatic heterocycles. The number of aromatic nitrogens is 3. The van der Waals surface area contributed by atoms with E-state index in [1.807, 2.05) is 44.3 Å². The van der Waals surface area contributed by atoms with Gasteiger partial charge in [-0.15, -0.1) is 0 Å². The second-order valence-electron chi connectivity index (χ2n) is 8.65. The van der Waals surface area contributed by atoms with Gasteiger partial charge >= 0.3 is 6.09 Å². The molecule has 1 saturated heterocycles. The average Bonchev–Trinajstić information content (AvgIpc) is 3.03. The molecular formula is C21H25BrN4O3. The van der Waals surface area contributed by atoms with Gasteiger partial charge in [-0.05, 0) is 68.1 Å². The number of amides is 1. The molecule has 1 amide bonds. The molecule has 0 unspecified atom stereocenters. The molecule has 7 nitrogen and oxygen atoms in total. The summed E-state index contributed by atoms with van der Waals surface area (Å²) < 4.78 is 8.25. The Morgan fingerprint density at radius 1 is 1.28 bits per heavy atom. The van der Waals surface area contributed by atoms with Gasteiger partial charge in [0.25, 0.3) is 5.56 Å². The number of aromatic amines is 1. The van der Waals surface area contributed by atoms with Crippen molar-refractivity contribution in [3.05, 3.63) is 44.3 Å². The second kappa shape index (κ2) is 7.16. The number of hydrogen-bond acceptors (Lipinski definition) is 4. The quantitative estimate of drug-likeness (QED) is 0.584. The number of ether oxygens (including phenoxy) is 1. The zero-order chi connectivity index (χ0) is 20.9. The predicted octanol–water partition coefficient (Wildman–Crippen LogP) is 4.36. The van der Waals surface area contributed by atoms with Crippen molar-refractivity contribution in [1.82, 2.24) is 19.5 Å². The van der Waals surface area contributed by atoms with E-state index in [4.69, 9.17) is 9.84 Å². The SMILES string of the molecule is Cc1ccc(Br)c2c1nn1c(C3CCN(C(=O)OC(C)(C)C)CC3)cc(=O)[nH]c21. The number of aryl methyl sites for hydroxylation is 1. The minimum atomic E-state index is -0.507. The van der Waals surface area contributed by atoms with Crippen LogP contribution in [0.3, 0.4) is 0 Å². The van der Waals surface area contributed by atoms with Crippen LogP contribution in [0.4, 0.5) is 4.79 Å². The highest BCUT2D eigenvalue weighted by Gasteiger charge is 2.29. The Morgan fingerprint density at radius 3 is 2.62 bits per heavy atom. The molecule has 29 heavy (non-hydrogen) atoms. The second-order valence-corrected chi connectivity index (χ2v) is 9.50. The van der Waals surface area contributed by atoms with Crippen LogP contribution in [0, 0.1) is 6.92 Å². The molecular weight excluding hydrogens is 436 g/mol. The van der Waals surface area contributed by atoms with Gasteiger partial charge in [-0.2, -0.15) is 5.10 Å². The summed E-state index contributed by atoms with van der Waals surface area (Å²) in [5.41, 5.74) is 2.86. The number of nitrogens with one attached hydrogen (secondary N) is 1. The first-order valence-corrected chi connectivity index (χ1v) is 10.6. The highest BCUT2D eigenvalue weighted by molar-refractivity contribution is 9.10. The molecule has 3 aromatic rings. The van der Waals surface area contributed by atoms with E-state index >= 15 is 0 Å². The monoisotopic (exact) mass is 460 g/mol. The minimum Gasteiger partial charge on any atom is -0.444 e. The molecule has 0 saturated carbocycles. The lowest BCUT2D eigenvalue weighted by molar-refractivity contribution is 0.0203. The van der Waals surface area contributed by atoms with Gasteiger partial charge in [-0.3, -0.25) is 4.79 Å². The maximum absolute atomic E-state index is 12.4. The van der Waals surface area contributed by atoms with Gasteiger partial charge in [0, 0.05) is 29.5 Å². The highest BCUT2D eigenvalue weighted by atomic mass is 79.9. The Kier molecular flexibility index (Phi) is 4.93. The van der Waals surface area contributed by atoms with Gasteiger partial charge in [0.05, 0.1) is 16.6 Å². The van der Waals surface area contributed by atoms with Crippen LogP contribution in [0.2, 0.25) is 0 Å². The lowest BCUT2D eigenvalue weighted by Gasteiger charge is -2.33. The first kappa shape index (κ1) is 19.9. The third-order valence-electron chi connectivity index (χ3n) is 5.31. The number of nitrogens with zero attached hydrogens (tertiary/aromatic N) is 3. The third kappa shape index (κ3) is 3.77. The standard InChI is InChI=1S/C21H25BrN4O3/c1-12-5-6-14(22)17-18(12)24-26-15(11-16(27)23-19(17)26)13-7-9-25(10-8-13)20(28)29-21(2,3)4/h5-6,11,13H,7-10H2,1-4H3,(H,23,27). The van der Waals surface area contributed by atoms with Crippen molar-refractivity contribution in [2.45, 2.75) is 52.1 Å². The van der Waals surface area contributed by atoms with Crippen molar-refractivity contribution in [1.29, 1.82) is 0 Å². The van der Waals surface area contributed by atoms with Gasteiger partial charge < -0.3 is 14.6 Å². The van der Waals surface area contributed by atoms with Gasteiger partial charge in [0.15, 0.2) is 0 Å². The number of carbonyl (C=O) groups is 1. The van der Waals surface area contributed by atoms with Crippen LogP contribution in [-0.2, 0) is 4.74 Å². The van der Waals surface area contributed by atoms with Crippen LogP contribution in [0.1, 0.15) is 50.8 Å². The number of rotatable bonds is 1. The van der Waals surface area contributed by atoms with Crippen molar-refractivity contribution >= 4 is 38.6 Å². The summed E-state index contributed by atoms with van der Waals surface area (Å²) in [6.45, 7) is 8.81. The summed E-state index contributed by atoms with van der Waals surface area (Å²) in [5, 5.41) is 5.72. The number of halogens is 1. The summed E-state index contributed by atoms with van der Waals surface area (Å²) in [4.78, 5) is 29.4. The Morgan fingerprint density at radius 2 is 1.97 bits per heavy atom. The number of likely N-dealkylation sites (tertiary alicyclic amines) is 1. The van der Waals surface area contributed by atoms with Crippen molar-refractivity contribution < 1.29 is 9.53 Å². The number of piperidine rings is 1. The van der Waals surface area contributed by atoms with E-state index in [0.29, 0.717) is 18.7 Å². The number of fused-ring (bicyclic) bond motifs is 3. The molecule has 3 heterocycles. The molecule has 0 bridgehead atoms. The maximum Gasteiger partial charge on any atom is 0.410 e. The van der Waals surface area contributed by atoms with Gasteiger partial charge in [-0.25, -0.2) is 9.31 Å². The summed E-state index contributed by atoms with van der Waals surface area (Å²) in [6, 6.07) is 5.62. The minimum absolute atomic E-state index is 0.141. The Hall–Kier alpha value is -2.35. The number of H-pyrrole nitrogens is 1. The van der Waals surface area contributed by atoms with Gasteiger partial charge in [0.2, 0.25) is 0 Å². The molecule has 0 atom stereocenters. The highest BCUT2D eigenvalue weighted by Crippen LogP contribution is 2.33. The fourth-order valence-corrected chi connectivity index (χ4v) is 4.41. The third-order valence-corrected chi connectivity index (χ3v) is 5.97. The normalized spacial score (nSPS) is 16.0. The molecule has 1 fully saturated rings. The first-order valence-electron chi connectivity index (χ1n) is 9.83. The van der Waals surface area contributed by atoms with E-state index in [1.54, 1.807) is 11.0 Å². The van der Waals surface area contributed by atoms with Crippen LogP contribution in [-0.4, -0.2) is 44.3 Å². The molecule has 2 aromatic heterocycles. The van der Waals surface area contributed by atoms with Crippen LogP contribution in [0.15, 0.2) is 27.5 Å². The fourth-order valence-electron chi connectivity index (χ4n) is 3.91. The average molecular weight is 461 g/mol. The molecule has 0 radical (unpaired) electrons. The summed E-state index contributed by atoms with van der Waals surface area (Å²) in [5.74, 6) is 0.145. The molecule has 8 heteroatoms. The van der Waals surface area contributed by atoms with Crippen molar-refractivity contribution in [2.24, 2.45) is 0 Å². The van der Waals surface area contributed by atoms with E-state index in [0.717, 1.165) is 39.5 Å². The van der Waals surface area contributed by atoms with Gasteiger partial charge in [-0.1, -0.05) is 6.07 Å². The summed E-state index contributed by atoms with van der Waals surface area (Å²) in [7, 11) is 0. The lowest BCUT2D eigenvalue weighted by atomic mass is 9.93. The van der Waals surface area contributed by atoms with Crippen molar-refractivity contribution in [3.63, 3.8) is 0 Å². The Balaban J connectivity index is 1.67. The molecule has 1 aromatic carbocycles. The topological polar surface area (TPSA) is 79.7 Å². The predicted molar refractivity (Wildman–Crippen MR) is 116 cm³/mol. The van der Waals surface area contributed by atoms with Crippen molar-refractivity contribution in [2.75, 3.05) is 13.1 Å².